The van der Waals surface area contributed by atoms with Crippen LogP contribution in [0.3, 0.4) is 0 Å². The Balaban J connectivity index is 1.45. The van der Waals surface area contributed by atoms with Crippen molar-refractivity contribution in [3.05, 3.63) is 78.5 Å². The standard InChI is InChI=1S/C27H22N4O6/c1-36-22-10-6-5-9-19(22)28-24(33)11-12-31-15-20(29-30-31)25-18-13-17(27(34)35)21(32)14-23(18)37-26(25)16-7-3-2-4-8-16/h2-10,13-15,32H,11-12H2,1H3,(H,28,33)(H,34,35). The Kier molecular flexibility index (Phi) is 6.29. The number of furan rings is 1. The summed E-state index contributed by atoms with van der Waals surface area (Å²) in [4.78, 5) is 24.2. The number of rotatable bonds is 8. The molecule has 0 aliphatic heterocycles. The Morgan fingerprint density at radius 1 is 1.08 bits per heavy atom. The van der Waals surface area contributed by atoms with Gasteiger partial charge in [0.2, 0.25) is 5.91 Å². The predicted molar refractivity (Wildman–Crippen MR) is 136 cm³/mol. The second kappa shape index (κ2) is 9.86. The average molecular weight is 498 g/mol. The first-order valence-electron chi connectivity index (χ1n) is 11.4. The molecule has 5 rings (SSSR count). The lowest BCUT2D eigenvalue weighted by atomic mass is 10.0. The highest BCUT2D eigenvalue weighted by molar-refractivity contribution is 6.05. The van der Waals surface area contributed by atoms with Crippen molar-refractivity contribution in [2.45, 2.75) is 13.0 Å². The zero-order valence-corrected chi connectivity index (χ0v) is 19.7. The summed E-state index contributed by atoms with van der Waals surface area (Å²) >= 11 is 0. The number of nitrogens with zero attached hydrogens (tertiary/aromatic N) is 3. The number of phenols is 1. The molecule has 3 aromatic carbocycles. The third kappa shape index (κ3) is 4.72. The number of carbonyl (C=O) groups excluding carboxylic acids is 1. The minimum Gasteiger partial charge on any atom is -0.507 e. The van der Waals surface area contributed by atoms with Crippen molar-refractivity contribution >= 4 is 28.5 Å². The number of carbonyl (C=O) groups is 2. The molecule has 0 aliphatic carbocycles. The number of hydrogen-bond donors (Lipinski definition) is 3. The van der Waals surface area contributed by atoms with Gasteiger partial charge in [0.25, 0.3) is 0 Å². The van der Waals surface area contributed by atoms with Crippen LogP contribution in [-0.4, -0.2) is 44.2 Å². The molecule has 10 nitrogen and oxygen atoms in total. The minimum absolute atomic E-state index is 0.134. The first-order valence-corrected chi connectivity index (χ1v) is 11.4. The lowest BCUT2D eigenvalue weighted by molar-refractivity contribution is -0.116. The van der Waals surface area contributed by atoms with Gasteiger partial charge in [-0.1, -0.05) is 47.7 Å². The fourth-order valence-corrected chi connectivity index (χ4v) is 4.05. The predicted octanol–water partition coefficient (Wildman–Crippen LogP) is 4.80. The Bertz CT molecular complexity index is 1610. The van der Waals surface area contributed by atoms with Crippen molar-refractivity contribution in [3.63, 3.8) is 0 Å². The number of aryl methyl sites for hydroxylation is 1. The summed E-state index contributed by atoms with van der Waals surface area (Å²) in [6.45, 7) is 0.256. The average Bonchev–Trinajstić information content (AvgIpc) is 3.51. The molecule has 1 amide bonds. The van der Waals surface area contributed by atoms with E-state index in [0.717, 1.165) is 5.56 Å². The molecule has 0 saturated heterocycles. The first-order chi connectivity index (χ1) is 17.9. The van der Waals surface area contributed by atoms with Crippen molar-refractivity contribution < 1.29 is 29.0 Å². The third-order valence-corrected chi connectivity index (χ3v) is 5.82. The fraction of sp³-hybridized carbons (Fsp3) is 0.111. The normalized spacial score (nSPS) is 10.9. The maximum Gasteiger partial charge on any atom is 0.339 e. The van der Waals surface area contributed by atoms with Crippen LogP contribution in [0.25, 0.3) is 33.6 Å². The van der Waals surface area contributed by atoms with E-state index in [4.69, 9.17) is 9.15 Å². The molecule has 0 atom stereocenters. The highest BCUT2D eigenvalue weighted by Gasteiger charge is 2.23. The number of nitrogens with one attached hydrogen (secondary N) is 1. The van der Waals surface area contributed by atoms with Crippen LogP contribution >= 0.6 is 0 Å². The molecular formula is C27H22N4O6. The number of fused-ring (bicyclic) bond motifs is 1. The molecule has 0 aliphatic rings. The number of carboxylic acids is 1. The fourth-order valence-electron chi connectivity index (χ4n) is 4.05. The largest absolute Gasteiger partial charge is 0.507 e. The zero-order chi connectivity index (χ0) is 25.9. The summed E-state index contributed by atoms with van der Waals surface area (Å²) in [7, 11) is 1.53. The highest BCUT2D eigenvalue weighted by Crippen LogP contribution is 2.42. The second-order valence-corrected chi connectivity index (χ2v) is 8.21. The molecule has 0 unspecified atom stereocenters. The molecule has 10 heteroatoms. The Morgan fingerprint density at radius 2 is 1.84 bits per heavy atom. The summed E-state index contributed by atoms with van der Waals surface area (Å²) in [6.07, 6.45) is 1.80. The number of ether oxygens (including phenoxy) is 1. The molecule has 3 N–H and O–H groups in total. The van der Waals surface area contributed by atoms with E-state index in [1.54, 1.807) is 24.4 Å². The topological polar surface area (TPSA) is 140 Å². The molecular weight excluding hydrogens is 476 g/mol. The molecule has 0 fully saturated rings. The monoisotopic (exact) mass is 498 g/mol. The second-order valence-electron chi connectivity index (χ2n) is 8.21. The van der Waals surface area contributed by atoms with Crippen LogP contribution in [0.2, 0.25) is 0 Å². The summed E-state index contributed by atoms with van der Waals surface area (Å²) in [6, 6.07) is 19.0. The molecule has 37 heavy (non-hydrogen) atoms. The molecule has 2 heterocycles. The Morgan fingerprint density at radius 3 is 2.59 bits per heavy atom. The number of hydrogen-bond acceptors (Lipinski definition) is 7. The SMILES string of the molecule is COc1ccccc1NC(=O)CCn1cc(-c2c(-c3ccccc3)oc3cc(O)c(C(=O)O)cc23)nn1. The molecule has 5 aromatic rings. The van der Waals surface area contributed by atoms with Gasteiger partial charge in [0, 0.05) is 23.4 Å². The number of amides is 1. The van der Waals surface area contributed by atoms with Gasteiger partial charge >= 0.3 is 5.97 Å². The van der Waals surface area contributed by atoms with Crippen LogP contribution in [-0.2, 0) is 11.3 Å². The van der Waals surface area contributed by atoms with Crippen molar-refractivity contribution in [2.75, 3.05) is 12.4 Å². The number of carboxylic acid groups (broad SMARTS) is 1. The van der Waals surface area contributed by atoms with Crippen LogP contribution in [0, 0.1) is 0 Å². The van der Waals surface area contributed by atoms with E-state index in [-0.39, 0.29) is 24.4 Å². The number of benzene rings is 3. The molecule has 2 aromatic heterocycles. The highest BCUT2D eigenvalue weighted by atomic mass is 16.5. The van der Waals surface area contributed by atoms with Gasteiger partial charge in [-0.3, -0.25) is 9.48 Å². The van der Waals surface area contributed by atoms with Crippen LogP contribution in [0.4, 0.5) is 5.69 Å². The van der Waals surface area contributed by atoms with E-state index in [2.05, 4.69) is 15.6 Å². The maximum absolute atomic E-state index is 12.5. The number of aromatic hydroxyl groups is 1. The van der Waals surface area contributed by atoms with Crippen LogP contribution < -0.4 is 10.1 Å². The van der Waals surface area contributed by atoms with Gasteiger partial charge in [-0.05, 0) is 18.2 Å². The minimum atomic E-state index is -1.27. The summed E-state index contributed by atoms with van der Waals surface area (Å²) in [5.41, 5.74) is 2.34. The number of aromatic carboxylic acids is 1. The van der Waals surface area contributed by atoms with E-state index in [1.165, 1.54) is 23.9 Å². The number of para-hydroxylation sites is 2. The molecule has 0 saturated carbocycles. The summed E-state index contributed by atoms with van der Waals surface area (Å²) in [5, 5.41) is 31.4. The number of aromatic nitrogens is 3. The van der Waals surface area contributed by atoms with E-state index >= 15 is 0 Å². The van der Waals surface area contributed by atoms with Gasteiger partial charge < -0.3 is 24.7 Å². The zero-order valence-electron chi connectivity index (χ0n) is 19.7. The van der Waals surface area contributed by atoms with E-state index in [9.17, 15) is 19.8 Å². The molecule has 0 radical (unpaired) electrons. The maximum atomic E-state index is 12.5. The van der Waals surface area contributed by atoms with Crippen molar-refractivity contribution in [3.8, 4) is 34.1 Å². The molecule has 186 valence electrons. The van der Waals surface area contributed by atoms with Crippen LogP contribution in [0.5, 0.6) is 11.5 Å². The van der Waals surface area contributed by atoms with Gasteiger partial charge in [0.15, 0.2) is 0 Å². The summed E-state index contributed by atoms with van der Waals surface area (Å²) in [5.74, 6) is -0.867. The molecule has 0 bridgehead atoms. The van der Waals surface area contributed by atoms with Crippen molar-refractivity contribution in [1.29, 1.82) is 0 Å². The van der Waals surface area contributed by atoms with E-state index in [1.807, 2.05) is 36.4 Å². The van der Waals surface area contributed by atoms with Crippen LogP contribution in [0.1, 0.15) is 16.8 Å². The lowest BCUT2D eigenvalue weighted by Crippen LogP contribution is -2.15. The molecule has 0 spiro atoms. The number of anilines is 1. The van der Waals surface area contributed by atoms with Gasteiger partial charge in [-0.15, -0.1) is 5.10 Å². The van der Waals surface area contributed by atoms with Gasteiger partial charge in [-0.2, -0.15) is 0 Å². The lowest BCUT2D eigenvalue weighted by Gasteiger charge is -2.09. The van der Waals surface area contributed by atoms with Gasteiger partial charge in [0.1, 0.15) is 34.1 Å². The van der Waals surface area contributed by atoms with Crippen molar-refractivity contribution in [1.82, 2.24) is 15.0 Å². The van der Waals surface area contributed by atoms with Gasteiger partial charge in [-0.25, -0.2) is 4.79 Å². The Labute approximate surface area is 210 Å². The smallest absolute Gasteiger partial charge is 0.339 e. The number of methoxy groups -OCH3 is 1. The van der Waals surface area contributed by atoms with Crippen LogP contribution in [0.15, 0.2) is 77.3 Å². The van der Waals surface area contributed by atoms with Gasteiger partial charge in [0.05, 0.1) is 31.1 Å². The van der Waals surface area contributed by atoms with Crippen molar-refractivity contribution in [2.24, 2.45) is 0 Å². The van der Waals surface area contributed by atoms with E-state index < -0.39 is 11.7 Å². The first kappa shape index (κ1) is 23.6. The summed E-state index contributed by atoms with van der Waals surface area (Å²) < 4.78 is 12.8. The quantitative estimate of drug-likeness (QED) is 0.277. The van der Waals surface area contributed by atoms with E-state index in [0.29, 0.717) is 39.4 Å². The third-order valence-electron chi connectivity index (χ3n) is 5.82. The Hall–Kier alpha value is -5.12.